The van der Waals surface area contributed by atoms with Gasteiger partial charge < -0.3 is 5.73 Å². The summed E-state index contributed by atoms with van der Waals surface area (Å²) >= 11 is 0. The van der Waals surface area contributed by atoms with Crippen LogP contribution in [0.3, 0.4) is 0 Å². The van der Waals surface area contributed by atoms with E-state index in [1.54, 1.807) is 0 Å². The SMILES string of the molecule is CCCN.FC1CCCC1.[HH]. The maximum atomic E-state index is 11.9. The van der Waals surface area contributed by atoms with Crippen molar-refractivity contribution in [3.8, 4) is 0 Å². The van der Waals surface area contributed by atoms with Gasteiger partial charge in [0.15, 0.2) is 0 Å². The number of alkyl halides is 1. The highest BCUT2D eigenvalue weighted by Crippen LogP contribution is 2.19. The molecular weight excluding hydrogens is 129 g/mol. The third-order valence-electron chi connectivity index (χ3n) is 1.57. The fraction of sp³-hybridized carbons (Fsp3) is 1.00. The van der Waals surface area contributed by atoms with Crippen LogP contribution in [0.1, 0.15) is 40.5 Å². The van der Waals surface area contributed by atoms with Gasteiger partial charge in [-0.15, -0.1) is 0 Å². The monoisotopic (exact) mass is 149 g/mol. The molecule has 0 aromatic heterocycles. The lowest BCUT2D eigenvalue weighted by molar-refractivity contribution is 0.343. The second-order valence-corrected chi connectivity index (χ2v) is 2.67. The van der Waals surface area contributed by atoms with Gasteiger partial charge in [-0.05, 0) is 25.8 Å². The zero-order valence-electron chi connectivity index (χ0n) is 6.78. The average molecular weight is 149 g/mol. The van der Waals surface area contributed by atoms with E-state index < -0.39 is 6.17 Å². The van der Waals surface area contributed by atoms with Crippen molar-refractivity contribution >= 4 is 0 Å². The first kappa shape index (κ1) is 9.89. The van der Waals surface area contributed by atoms with Gasteiger partial charge in [-0.1, -0.05) is 19.8 Å². The van der Waals surface area contributed by atoms with Crippen molar-refractivity contribution in [3.05, 3.63) is 0 Å². The highest BCUT2D eigenvalue weighted by Gasteiger charge is 2.11. The standard InChI is InChI=1S/C5H9F.C3H9N.H2/c6-5-3-1-2-4-5;1-2-3-4;/h5H,1-4H2;2-4H2,1H3;1H. The zero-order valence-corrected chi connectivity index (χ0v) is 6.78. The quantitative estimate of drug-likeness (QED) is 0.609. The summed E-state index contributed by atoms with van der Waals surface area (Å²) in [5.41, 5.74) is 5.03. The molecule has 0 bridgehead atoms. The molecule has 2 heteroatoms. The summed E-state index contributed by atoms with van der Waals surface area (Å²) in [4.78, 5) is 0. The molecule has 2 N–H and O–H groups in total. The smallest absolute Gasteiger partial charge is 0.100 e. The molecule has 0 saturated heterocycles. The van der Waals surface area contributed by atoms with Crippen molar-refractivity contribution in [2.45, 2.75) is 45.2 Å². The van der Waals surface area contributed by atoms with E-state index in [1.165, 1.54) is 0 Å². The molecule has 64 valence electrons. The van der Waals surface area contributed by atoms with Crippen LogP contribution in [-0.4, -0.2) is 12.7 Å². The van der Waals surface area contributed by atoms with E-state index in [4.69, 9.17) is 5.73 Å². The summed E-state index contributed by atoms with van der Waals surface area (Å²) in [5, 5.41) is 0. The number of nitrogens with two attached hydrogens (primary N) is 1. The maximum Gasteiger partial charge on any atom is 0.100 e. The normalized spacial score (nSPS) is 18.3. The van der Waals surface area contributed by atoms with Crippen molar-refractivity contribution in [1.29, 1.82) is 0 Å². The van der Waals surface area contributed by atoms with E-state index in [1.807, 2.05) is 0 Å². The molecule has 0 spiro atoms. The Morgan fingerprint density at radius 3 is 2.00 bits per heavy atom. The van der Waals surface area contributed by atoms with E-state index in [9.17, 15) is 4.39 Å². The van der Waals surface area contributed by atoms with Gasteiger partial charge >= 0.3 is 0 Å². The Morgan fingerprint density at radius 2 is 1.90 bits per heavy atom. The van der Waals surface area contributed by atoms with Crippen molar-refractivity contribution in [2.24, 2.45) is 5.73 Å². The summed E-state index contributed by atoms with van der Waals surface area (Å²) in [6.45, 7) is 2.88. The minimum absolute atomic E-state index is 0. The molecule has 0 aromatic rings. The van der Waals surface area contributed by atoms with Crippen LogP contribution in [0.15, 0.2) is 0 Å². The molecule has 1 nitrogen and oxygen atoms in total. The van der Waals surface area contributed by atoms with E-state index in [0.717, 1.165) is 38.6 Å². The predicted molar refractivity (Wildman–Crippen MR) is 44.8 cm³/mol. The second-order valence-electron chi connectivity index (χ2n) is 2.67. The summed E-state index contributed by atoms with van der Waals surface area (Å²) in [5.74, 6) is 0. The Hall–Kier alpha value is -0.110. The number of halogens is 1. The molecule has 1 fully saturated rings. The van der Waals surface area contributed by atoms with Gasteiger partial charge in [-0.2, -0.15) is 0 Å². The average Bonchev–Trinajstić information content (AvgIpc) is 2.40. The molecule has 0 aromatic carbocycles. The first-order valence-electron chi connectivity index (χ1n) is 4.15. The van der Waals surface area contributed by atoms with Crippen LogP contribution < -0.4 is 5.73 Å². The highest BCUT2D eigenvalue weighted by atomic mass is 19.1. The fourth-order valence-electron chi connectivity index (χ4n) is 0.876. The molecule has 1 rings (SSSR count). The molecule has 0 aliphatic heterocycles. The van der Waals surface area contributed by atoms with Crippen molar-refractivity contribution in [2.75, 3.05) is 6.54 Å². The summed E-state index contributed by atoms with van der Waals surface area (Å²) in [6, 6.07) is 0. The number of hydrogen-bond donors (Lipinski definition) is 1. The molecule has 0 radical (unpaired) electrons. The van der Waals surface area contributed by atoms with Crippen LogP contribution in [0.5, 0.6) is 0 Å². The van der Waals surface area contributed by atoms with Crippen LogP contribution in [0, 0.1) is 0 Å². The summed E-state index contributed by atoms with van der Waals surface area (Å²) in [6.07, 6.45) is 4.51. The minimum atomic E-state index is -0.454. The van der Waals surface area contributed by atoms with Crippen LogP contribution >= 0.6 is 0 Å². The molecule has 1 aliphatic rings. The second kappa shape index (κ2) is 7.00. The lowest BCUT2D eigenvalue weighted by Crippen LogP contribution is -1.93. The van der Waals surface area contributed by atoms with Gasteiger partial charge in [-0.25, -0.2) is 4.39 Å². The van der Waals surface area contributed by atoms with Gasteiger partial charge in [0.2, 0.25) is 0 Å². The Labute approximate surface area is 64.3 Å². The first-order chi connectivity index (χ1) is 4.81. The van der Waals surface area contributed by atoms with E-state index >= 15 is 0 Å². The topological polar surface area (TPSA) is 26.0 Å². The molecule has 0 atom stereocenters. The van der Waals surface area contributed by atoms with Gasteiger partial charge in [0.1, 0.15) is 6.17 Å². The van der Waals surface area contributed by atoms with E-state index in [-0.39, 0.29) is 1.43 Å². The third-order valence-corrected chi connectivity index (χ3v) is 1.57. The minimum Gasteiger partial charge on any atom is -0.330 e. The van der Waals surface area contributed by atoms with E-state index in [0.29, 0.717) is 0 Å². The van der Waals surface area contributed by atoms with Crippen molar-refractivity contribution < 1.29 is 5.82 Å². The Morgan fingerprint density at radius 1 is 1.50 bits per heavy atom. The van der Waals surface area contributed by atoms with Crippen LogP contribution in [-0.2, 0) is 0 Å². The third kappa shape index (κ3) is 6.02. The van der Waals surface area contributed by atoms with Gasteiger partial charge in [0.25, 0.3) is 0 Å². The molecule has 0 heterocycles. The summed E-state index contributed by atoms with van der Waals surface area (Å²) < 4.78 is 11.9. The maximum absolute atomic E-state index is 11.9. The van der Waals surface area contributed by atoms with Gasteiger partial charge in [0.05, 0.1) is 0 Å². The zero-order chi connectivity index (χ0) is 7.82. The molecule has 10 heavy (non-hydrogen) atoms. The lowest BCUT2D eigenvalue weighted by Gasteiger charge is -1.86. The molecule has 0 amide bonds. The van der Waals surface area contributed by atoms with Crippen LogP contribution in [0.2, 0.25) is 0 Å². The first-order valence-corrected chi connectivity index (χ1v) is 4.15. The highest BCUT2D eigenvalue weighted by molar-refractivity contribution is 4.63. The van der Waals surface area contributed by atoms with Gasteiger partial charge in [-0.3, -0.25) is 0 Å². The fourth-order valence-corrected chi connectivity index (χ4v) is 0.876. The Bertz CT molecular complexity index is 63.1. The largest absolute Gasteiger partial charge is 0.330 e. The molecule has 1 aliphatic carbocycles. The van der Waals surface area contributed by atoms with Crippen LogP contribution in [0.25, 0.3) is 0 Å². The molecule has 1 saturated carbocycles. The Balaban J connectivity index is 0. The van der Waals surface area contributed by atoms with E-state index in [2.05, 4.69) is 6.92 Å². The lowest BCUT2D eigenvalue weighted by atomic mass is 10.3. The summed E-state index contributed by atoms with van der Waals surface area (Å²) in [7, 11) is 0. The number of rotatable bonds is 1. The predicted octanol–water partition coefficient (Wildman–Crippen LogP) is 2.50. The van der Waals surface area contributed by atoms with Crippen molar-refractivity contribution in [1.82, 2.24) is 0 Å². The Kier molecular flexibility index (Phi) is 6.93. The van der Waals surface area contributed by atoms with Crippen molar-refractivity contribution in [3.63, 3.8) is 0 Å². The molecular formula is C8H20FN. The van der Waals surface area contributed by atoms with Gasteiger partial charge in [0, 0.05) is 1.43 Å². The molecule has 0 unspecified atom stereocenters. The van der Waals surface area contributed by atoms with Crippen LogP contribution in [0.4, 0.5) is 4.39 Å². The number of hydrogen-bond acceptors (Lipinski definition) is 1.